The molecule has 0 spiro atoms. The van der Waals surface area contributed by atoms with E-state index in [-0.39, 0.29) is 29.4 Å². The normalized spacial score (nSPS) is 18.4. The average Bonchev–Trinajstić information content (AvgIpc) is 2.35. The average molecular weight is 260 g/mol. The summed E-state index contributed by atoms with van der Waals surface area (Å²) in [6.45, 7) is 4.04. The van der Waals surface area contributed by atoms with Gasteiger partial charge in [-0.3, -0.25) is 0 Å². The number of carbonyl (C=O) groups is 2. The summed E-state index contributed by atoms with van der Waals surface area (Å²) in [4.78, 5) is 22.7. The van der Waals surface area contributed by atoms with Crippen molar-refractivity contribution in [3.63, 3.8) is 0 Å². The van der Waals surface area contributed by atoms with Gasteiger partial charge in [-0.1, -0.05) is 38.1 Å². The molecule has 0 amide bonds. The second-order valence-corrected chi connectivity index (χ2v) is 5.11. The van der Waals surface area contributed by atoms with Gasteiger partial charge in [0, 0.05) is 0 Å². The van der Waals surface area contributed by atoms with Crippen molar-refractivity contribution in [2.45, 2.75) is 26.2 Å². The third kappa shape index (κ3) is 2.26. The molecule has 2 N–H and O–H groups in total. The van der Waals surface area contributed by atoms with E-state index in [1.807, 2.05) is 26.0 Å². The Morgan fingerprint density at radius 2 is 1.79 bits per heavy atom. The lowest BCUT2D eigenvalue weighted by Gasteiger charge is -2.29. The maximum atomic E-state index is 11.4. The first-order valence-corrected chi connectivity index (χ1v) is 6.22. The summed E-state index contributed by atoms with van der Waals surface area (Å²) < 4.78 is 0. The highest BCUT2D eigenvalue weighted by Crippen LogP contribution is 2.42. The van der Waals surface area contributed by atoms with Crippen LogP contribution in [0.2, 0.25) is 0 Å². The SMILES string of the molecule is CC(C)C1CC(C(=O)O)=C(C(=O)O)c2ccccc21. The molecule has 0 aliphatic heterocycles. The summed E-state index contributed by atoms with van der Waals surface area (Å²) in [6.07, 6.45) is 0.269. The lowest BCUT2D eigenvalue weighted by atomic mass is 9.74. The number of rotatable bonds is 3. The van der Waals surface area contributed by atoms with Crippen molar-refractivity contribution in [1.29, 1.82) is 0 Å². The van der Waals surface area contributed by atoms with Crippen LogP contribution in [0.3, 0.4) is 0 Å². The number of hydrogen-bond acceptors (Lipinski definition) is 2. The van der Waals surface area contributed by atoms with Crippen molar-refractivity contribution >= 4 is 17.5 Å². The quantitative estimate of drug-likeness (QED) is 0.876. The molecular formula is C15H16O4. The van der Waals surface area contributed by atoms with Crippen LogP contribution in [0.1, 0.15) is 37.3 Å². The van der Waals surface area contributed by atoms with E-state index < -0.39 is 11.9 Å². The maximum Gasteiger partial charge on any atom is 0.336 e. The van der Waals surface area contributed by atoms with Gasteiger partial charge in [0.05, 0.1) is 11.1 Å². The van der Waals surface area contributed by atoms with Crippen molar-refractivity contribution in [2.24, 2.45) is 5.92 Å². The van der Waals surface area contributed by atoms with Gasteiger partial charge in [-0.2, -0.15) is 0 Å². The number of benzene rings is 1. The minimum atomic E-state index is -1.17. The van der Waals surface area contributed by atoms with E-state index in [4.69, 9.17) is 0 Å². The largest absolute Gasteiger partial charge is 0.478 e. The van der Waals surface area contributed by atoms with Gasteiger partial charge in [0.2, 0.25) is 0 Å². The van der Waals surface area contributed by atoms with Gasteiger partial charge in [-0.05, 0) is 29.4 Å². The number of carboxylic acid groups (broad SMARTS) is 2. The molecule has 2 rings (SSSR count). The third-order valence-corrected chi connectivity index (χ3v) is 3.63. The van der Waals surface area contributed by atoms with Gasteiger partial charge in [-0.25, -0.2) is 9.59 Å². The second-order valence-electron chi connectivity index (χ2n) is 5.11. The van der Waals surface area contributed by atoms with Crippen LogP contribution in [-0.2, 0) is 9.59 Å². The van der Waals surface area contributed by atoms with Crippen LogP contribution in [0.25, 0.3) is 5.57 Å². The van der Waals surface area contributed by atoms with E-state index in [2.05, 4.69) is 0 Å². The summed E-state index contributed by atoms with van der Waals surface area (Å²) in [5, 5.41) is 18.6. The monoisotopic (exact) mass is 260 g/mol. The van der Waals surface area contributed by atoms with E-state index in [0.29, 0.717) is 5.56 Å². The van der Waals surface area contributed by atoms with Crippen molar-refractivity contribution < 1.29 is 19.8 Å². The second kappa shape index (κ2) is 4.88. The van der Waals surface area contributed by atoms with Crippen LogP contribution in [0.5, 0.6) is 0 Å². The molecule has 4 heteroatoms. The standard InChI is InChI=1S/C15H16O4/c1-8(2)11-7-12(14(16)17)13(15(18)19)10-6-4-3-5-9(10)11/h3-6,8,11H,7H2,1-2H3,(H,16,17)(H,18,19). The zero-order valence-corrected chi connectivity index (χ0v) is 10.9. The van der Waals surface area contributed by atoms with E-state index in [1.165, 1.54) is 0 Å². The van der Waals surface area contributed by atoms with Crippen LogP contribution in [0.15, 0.2) is 29.8 Å². The van der Waals surface area contributed by atoms with E-state index in [9.17, 15) is 19.8 Å². The molecular weight excluding hydrogens is 244 g/mol. The fraction of sp³-hybridized carbons (Fsp3) is 0.333. The van der Waals surface area contributed by atoms with Crippen LogP contribution in [-0.4, -0.2) is 22.2 Å². The minimum absolute atomic E-state index is 0.00454. The molecule has 0 radical (unpaired) electrons. The van der Waals surface area contributed by atoms with Crippen LogP contribution in [0.4, 0.5) is 0 Å². The highest BCUT2D eigenvalue weighted by Gasteiger charge is 2.34. The molecule has 1 aromatic carbocycles. The molecule has 0 bridgehead atoms. The molecule has 0 saturated carbocycles. The first kappa shape index (κ1) is 13.3. The van der Waals surface area contributed by atoms with Crippen LogP contribution >= 0.6 is 0 Å². The van der Waals surface area contributed by atoms with Gasteiger partial charge in [0.15, 0.2) is 0 Å². The molecule has 1 atom stereocenters. The Balaban J connectivity index is 2.71. The molecule has 4 nitrogen and oxygen atoms in total. The highest BCUT2D eigenvalue weighted by atomic mass is 16.4. The Bertz CT molecular complexity index is 569. The number of hydrogen-bond donors (Lipinski definition) is 2. The van der Waals surface area contributed by atoms with E-state index >= 15 is 0 Å². The predicted octanol–water partition coefficient (Wildman–Crippen LogP) is 2.75. The van der Waals surface area contributed by atoms with Gasteiger partial charge < -0.3 is 10.2 Å². The van der Waals surface area contributed by atoms with Crippen molar-refractivity contribution in [3.05, 3.63) is 41.0 Å². The molecule has 19 heavy (non-hydrogen) atoms. The van der Waals surface area contributed by atoms with Crippen molar-refractivity contribution in [1.82, 2.24) is 0 Å². The molecule has 0 aromatic heterocycles. The lowest BCUT2D eigenvalue weighted by molar-refractivity contribution is -0.134. The summed E-state index contributed by atoms with van der Waals surface area (Å²) in [5.74, 6) is -2.01. The van der Waals surface area contributed by atoms with Crippen LogP contribution in [0, 0.1) is 5.92 Å². The Kier molecular flexibility index (Phi) is 3.42. The van der Waals surface area contributed by atoms with Crippen molar-refractivity contribution in [2.75, 3.05) is 0 Å². The summed E-state index contributed by atoms with van der Waals surface area (Å²) >= 11 is 0. The lowest BCUT2D eigenvalue weighted by Crippen LogP contribution is -2.22. The zero-order chi connectivity index (χ0) is 14.2. The molecule has 1 aliphatic carbocycles. The highest BCUT2D eigenvalue weighted by molar-refractivity contribution is 6.22. The molecule has 100 valence electrons. The molecule has 0 heterocycles. The Morgan fingerprint density at radius 3 is 2.32 bits per heavy atom. The molecule has 1 aliphatic rings. The number of carboxylic acids is 2. The Labute approximate surface area is 111 Å². The fourth-order valence-corrected chi connectivity index (χ4v) is 2.68. The van der Waals surface area contributed by atoms with E-state index in [1.54, 1.807) is 12.1 Å². The van der Waals surface area contributed by atoms with Crippen LogP contribution < -0.4 is 0 Å². The van der Waals surface area contributed by atoms with E-state index in [0.717, 1.165) is 5.56 Å². The Morgan fingerprint density at radius 1 is 1.16 bits per heavy atom. The minimum Gasteiger partial charge on any atom is -0.478 e. The van der Waals surface area contributed by atoms with Gasteiger partial charge in [0.25, 0.3) is 0 Å². The smallest absolute Gasteiger partial charge is 0.336 e. The molecule has 1 aromatic rings. The zero-order valence-electron chi connectivity index (χ0n) is 10.9. The fourth-order valence-electron chi connectivity index (χ4n) is 2.68. The van der Waals surface area contributed by atoms with Crippen molar-refractivity contribution in [3.8, 4) is 0 Å². The molecule has 0 saturated heterocycles. The molecule has 1 unspecified atom stereocenters. The summed E-state index contributed by atoms with van der Waals surface area (Å²) in [6, 6.07) is 7.18. The predicted molar refractivity (Wildman–Crippen MR) is 70.8 cm³/mol. The van der Waals surface area contributed by atoms with Gasteiger partial charge in [-0.15, -0.1) is 0 Å². The molecule has 0 fully saturated rings. The number of aliphatic carboxylic acids is 2. The van der Waals surface area contributed by atoms with Gasteiger partial charge in [0.1, 0.15) is 0 Å². The summed E-state index contributed by atoms with van der Waals surface area (Å²) in [7, 11) is 0. The summed E-state index contributed by atoms with van der Waals surface area (Å²) in [5.41, 5.74) is 1.40. The Hall–Kier alpha value is -2.10. The number of fused-ring (bicyclic) bond motifs is 1. The first-order valence-electron chi connectivity index (χ1n) is 6.22. The topological polar surface area (TPSA) is 74.6 Å². The first-order chi connectivity index (χ1) is 8.93. The third-order valence-electron chi connectivity index (χ3n) is 3.63. The van der Waals surface area contributed by atoms with Gasteiger partial charge >= 0.3 is 11.9 Å². The maximum absolute atomic E-state index is 11.4.